The Morgan fingerprint density at radius 2 is 1.97 bits per heavy atom. The van der Waals surface area contributed by atoms with Gasteiger partial charge in [-0.2, -0.15) is 18.9 Å². The number of hydrogen-bond acceptors (Lipinski definition) is 7. The molecule has 2 aliphatic rings. The number of aromatic nitrogens is 4. The zero-order valence-electron chi connectivity index (χ0n) is 16.9. The summed E-state index contributed by atoms with van der Waals surface area (Å²) >= 11 is 0. The van der Waals surface area contributed by atoms with Gasteiger partial charge in [0, 0.05) is 44.5 Å². The second kappa shape index (κ2) is 7.86. The van der Waals surface area contributed by atoms with Gasteiger partial charge in [0.05, 0.1) is 5.75 Å². The number of rotatable bonds is 5. The maximum atomic E-state index is 13.1. The molecule has 1 atom stereocenters. The van der Waals surface area contributed by atoms with E-state index in [1.54, 1.807) is 9.42 Å². The van der Waals surface area contributed by atoms with Crippen LogP contribution in [0.1, 0.15) is 31.9 Å². The molecule has 1 unspecified atom stereocenters. The first kappa shape index (κ1) is 20.0. The van der Waals surface area contributed by atoms with E-state index < -0.39 is 16.1 Å². The molecule has 0 saturated carbocycles. The van der Waals surface area contributed by atoms with Crippen molar-refractivity contribution in [3.8, 4) is 0 Å². The minimum absolute atomic E-state index is 0.0707. The van der Waals surface area contributed by atoms with Crippen molar-refractivity contribution in [3.63, 3.8) is 0 Å². The number of fused-ring (bicyclic) bond motifs is 1. The number of piperazine rings is 1. The van der Waals surface area contributed by atoms with E-state index in [1.165, 1.54) is 10.6 Å². The van der Waals surface area contributed by atoms with Crippen LogP contribution in [0.5, 0.6) is 0 Å². The van der Waals surface area contributed by atoms with Crippen LogP contribution in [0.25, 0.3) is 5.78 Å². The van der Waals surface area contributed by atoms with E-state index in [1.807, 2.05) is 19.9 Å². The monoisotopic (exact) mass is 421 g/mol. The predicted molar refractivity (Wildman–Crippen MR) is 108 cm³/mol. The quantitative estimate of drug-likeness (QED) is 0.683. The highest BCUT2D eigenvalue weighted by Crippen LogP contribution is 2.25. The van der Waals surface area contributed by atoms with E-state index in [4.69, 9.17) is 0 Å². The molecule has 0 N–H and O–H groups in total. The summed E-state index contributed by atoms with van der Waals surface area (Å²) in [7, 11) is -3.37. The van der Waals surface area contributed by atoms with Crippen molar-refractivity contribution in [2.45, 2.75) is 39.2 Å². The third-order valence-electron chi connectivity index (χ3n) is 5.58. The van der Waals surface area contributed by atoms with Crippen molar-refractivity contribution in [3.05, 3.63) is 18.1 Å². The lowest BCUT2D eigenvalue weighted by Crippen LogP contribution is -2.54. The SMILES string of the molecule is CCCS(=O)(=O)N1CCCC1C(=O)N1CCN(c2cc(C)nc3ncnn23)CC1. The number of nitrogens with zero attached hydrogens (tertiary/aromatic N) is 7. The van der Waals surface area contributed by atoms with Gasteiger partial charge in [-0.05, 0) is 26.2 Å². The highest BCUT2D eigenvalue weighted by Gasteiger charge is 2.40. The van der Waals surface area contributed by atoms with Crippen LogP contribution in [0.15, 0.2) is 12.4 Å². The van der Waals surface area contributed by atoms with Gasteiger partial charge in [0.25, 0.3) is 5.78 Å². The number of carbonyl (C=O) groups is 1. The van der Waals surface area contributed by atoms with Gasteiger partial charge in [-0.15, -0.1) is 0 Å². The van der Waals surface area contributed by atoms with Crippen molar-refractivity contribution < 1.29 is 13.2 Å². The van der Waals surface area contributed by atoms with E-state index in [2.05, 4.69) is 20.0 Å². The molecule has 4 rings (SSSR count). The Balaban J connectivity index is 1.45. The van der Waals surface area contributed by atoms with Gasteiger partial charge in [-0.1, -0.05) is 6.92 Å². The maximum absolute atomic E-state index is 13.1. The van der Waals surface area contributed by atoms with Crippen LogP contribution in [-0.2, 0) is 14.8 Å². The van der Waals surface area contributed by atoms with Crippen LogP contribution >= 0.6 is 0 Å². The van der Waals surface area contributed by atoms with Crippen LogP contribution in [0, 0.1) is 6.92 Å². The van der Waals surface area contributed by atoms with Gasteiger partial charge >= 0.3 is 0 Å². The molecule has 29 heavy (non-hydrogen) atoms. The van der Waals surface area contributed by atoms with Crippen molar-refractivity contribution in [2.24, 2.45) is 0 Å². The van der Waals surface area contributed by atoms with Crippen LogP contribution in [0.2, 0.25) is 0 Å². The number of anilines is 1. The van der Waals surface area contributed by atoms with Gasteiger partial charge in [0.2, 0.25) is 15.9 Å². The normalized spacial score (nSPS) is 21.2. The Bertz CT molecular complexity index is 998. The smallest absolute Gasteiger partial charge is 0.254 e. The Kier molecular flexibility index (Phi) is 5.43. The maximum Gasteiger partial charge on any atom is 0.254 e. The first-order valence-corrected chi connectivity index (χ1v) is 11.7. The van der Waals surface area contributed by atoms with Crippen LogP contribution in [0.4, 0.5) is 5.82 Å². The molecule has 0 bridgehead atoms. The Labute approximate surface area is 170 Å². The van der Waals surface area contributed by atoms with Crippen LogP contribution in [-0.4, -0.2) is 87.6 Å². The fraction of sp³-hybridized carbons (Fsp3) is 0.667. The second-order valence-electron chi connectivity index (χ2n) is 7.62. The summed E-state index contributed by atoms with van der Waals surface area (Å²) in [4.78, 5) is 25.6. The topological polar surface area (TPSA) is 104 Å². The number of carbonyl (C=O) groups excluding carboxylic acids is 1. The van der Waals surface area contributed by atoms with Crippen molar-refractivity contribution >= 4 is 27.5 Å². The molecule has 4 heterocycles. The van der Waals surface area contributed by atoms with Gasteiger partial charge in [0.1, 0.15) is 18.2 Å². The minimum atomic E-state index is -3.37. The molecule has 11 heteroatoms. The van der Waals surface area contributed by atoms with Gasteiger partial charge < -0.3 is 9.80 Å². The lowest BCUT2D eigenvalue weighted by molar-refractivity contribution is -0.134. The summed E-state index contributed by atoms with van der Waals surface area (Å²) in [5.41, 5.74) is 0.863. The van der Waals surface area contributed by atoms with E-state index in [0.717, 1.165) is 17.9 Å². The predicted octanol–water partition coefficient (Wildman–Crippen LogP) is 0.286. The van der Waals surface area contributed by atoms with Gasteiger partial charge in [-0.25, -0.2) is 13.4 Å². The molecule has 0 radical (unpaired) electrons. The molecule has 2 fully saturated rings. The number of sulfonamides is 1. The Morgan fingerprint density at radius 3 is 2.69 bits per heavy atom. The molecule has 158 valence electrons. The zero-order valence-corrected chi connectivity index (χ0v) is 17.7. The van der Waals surface area contributed by atoms with E-state index >= 15 is 0 Å². The Morgan fingerprint density at radius 1 is 1.21 bits per heavy atom. The summed E-state index contributed by atoms with van der Waals surface area (Å²) in [5, 5.41) is 4.25. The number of amides is 1. The highest BCUT2D eigenvalue weighted by molar-refractivity contribution is 7.89. The van der Waals surface area contributed by atoms with Crippen molar-refractivity contribution in [1.82, 2.24) is 28.8 Å². The fourth-order valence-corrected chi connectivity index (χ4v) is 5.94. The molecule has 2 aromatic rings. The molecule has 10 nitrogen and oxygen atoms in total. The lowest BCUT2D eigenvalue weighted by Gasteiger charge is -2.38. The van der Waals surface area contributed by atoms with Gasteiger partial charge in [-0.3, -0.25) is 4.79 Å². The number of hydrogen-bond donors (Lipinski definition) is 0. The standard InChI is InChI=1S/C18H27N7O3S/c1-3-11-29(27,28)24-6-4-5-15(24)17(26)23-9-7-22(8-10-23)16-12-14(2)21-18-19-13-20-25(16)18/h12-13,15H,3-11H2,1-2H3. The van der Waals surface area contributed by atoms with Crippen LogP contribution < -0.4 is 4.90 Å². The van der Waals surface area contributed by atoms with E-state index in [-0.39, 0.29) is 11.7 Å². The molecular formula is C18H27N7O3S. The molecule has 2 saturated heterocycles. The van der Waals surface area contributed by atoms with Crippen molar-refractivity contribution in [1.29, 1.82) is 0 Å². The van der Waals surface area contributed by atoms with E-state index in [0.29, 0.717) is 51.3 Å². The number of aryl methyl sites for hydroxylation is 1. The molecule has 0 aliphatic carbocycles. The third kappa shape index (κ3) is 3.80. The summed E-state index contributed by atoms with van der Waals surface area (Å²) in [6.07, 6.45) is 3.38. The van der Waals surface area contributed by atoms with Gasteiger partial charge in [0.15, 0.2) is 0 Å². The van der Waals surface area contributed by atoms with E-state index in [9.17, 15) is 13.2 Å². The lowest BCUT2D eigenvalue weighted by atomic mass is 10.2. The average molecular weight is 422 g/mol. The minimum Gasteiger partial charge on any atom is -0.353 e. The fourth-order valence-electron chi connectivity index (χ4n) is 4.20. The summed E-state index contributed by atoms with van der Waals surface area (Å²) in [5.74, 6) is 1.49. The van der Waals surface area contributed by atoms with Crippen molar-refractivity contribution in [2.75, 3.05) is 43.4 Å². The summed E-state index contributed by atoms with van der Waals surface area (Å²) < 4.78 is 28.2. The third-order valence-corrected chi connectivity index (χ3v) is 7.66. The summed E-state index contributed by atoms with van der Waals surface area (Å²) in [6.45, 7) is 6.61. The Hall–Kier alpha value is -2.27. The largest absolute Gasteiger partial charge is 0.353 e. The highest BCUT2D eigenvalue weighted by atomic mass is 32.2. The summed E-state index contributed by atoms with van der Waals surface area (Å²) in [6, 6.07) is 1.41. The molecule has 0 aromatic carbocycles. The zero-order chi connectivity index (χ0) is 20.6. The molecule has 1 amide bonds. The molecule has 2 aromatic heterocycles. The first-order chi connectivity index (χ1) is 13.9. The average Bonchev–Trinajstić information content (AvgIpc) is 3.36. The molecular weight excluding hydrogens is 394 g/mol. The van der Waals surface area contributed by atoms with Crippen LogP contribution in [0.3, 0.4) is 0 Å². The molecule has 0 spiro atoms. The second-order valence-corrected chi connectivity index (χ2v) is 9.67. The molecule has 2 aliphatic heterocycles. The first-order valence-electron chi connectivity index (χ1n) is 10.1.